The van der Waals surface area contributed by atoms with E-state index in [1.165, 1.54) is 12.8 Å². The van der Waals surface area contributed by atoms with Gasteiger partial charge in [0.25, 0.3) is 0 Å². The van der Waals surface area contributed by atoms with Gasteiger partial charge in [-0.25, -0.2) is 4.79 Å². The number of carbonyl (C=O) groups is 1. The van der Waals surface area contributed by atoms with Crippen LogP contribution in [-0.4, -0.2) is 36.1 Å². The van der Waals surface area contributed by atoms with Gasteiger partial charge < -0.3 is 16.0 Å². The summed E-state index contributed by atoms with van der Waals surface area (Å²) in [7, 11) is 0. The van der Waals surface area contributed by atoms with Gasteiger partial charge in [-0.3, -0.25) is 0 Å². The van der Waals surface area contributed by atoms with Crippen LogP contribution in [0.2, 0.25) is 0 Å². The van der Waals surface area contributed by atoms with Crippen molar-refractivity contribution in [3.8, 4) is 0 Å². The second-order valence-corrected chi connectivity index (χ2v) is 6.08. The van der Waals surface area contributed by atoms with E-state index >= 15 is 0 Å². The molecule has 1 unspecified atom stereocenters. The summed E-state index contributed by atoms with van der Waals surface area (Å²) in [6.45, 7) is 1.88. The van der Waals surface area contributed by atoms with Crippen molar-refractivity contribution in [3.05, 3.63) is 0 Å². The normalized spacial score (nSPS) is 37.5. The Balaban J connectivity index is 1.53. The maximum absolute atomic E-state index is 12.1. The van der Waals surface area contributed by atoms with E-state index in [9.17, 15) is 4.79 Å². The first kappa shape index (κ1) is 11.3. The van der Waals surface area contributed by atoms with E-state index in [1.54, 1.807) is 0 Å². The minimum Gasteiger partial charge on any atom is -0.335 e. The van der Waals surface area contributed by atoms with Crippen molar-refractivity contribution < 1.29 is 4.79 Å². The predicted octanol–water partition coefficient (Wildman–Crippen LogP) is 1.31. The highest BCUT2D eigenvalue weighted by molar-refractivity contribution is 5.75. The molecule has 0 aromatic rings. The first-order valence-electron chi connectivity index (χ1n) is 7.03. The summed E-state index contributed by atoms with van der Waals surface area (Å²) in [5, 5.41) is 3.13. The Morgan fingerprint density at radius 2 is 1.88 bits per heavy atom. The third-order valence-electron chi connectivity index (χ3n) is 4.81. The molecule has 3 rings (SSSR count). The number of nitrogens with two attached hydrogens (primary N) is 1. The van der Waals surface area contributed by atoms with Crippen LogP contribution < -0.4 is 11.1 Å². The van der Waals surface area contributed by atoms with E-state index in [4.69, 9.17) is 5.73 Å². The van der Waals surface area contributed by atoms with Crippen LogP contribution in [0.25, 0.3) is 0 Å². The summed E-state index contributed by atoms with van der Waals surface area (Å²) in [5.74, 6) is 1.37. The van der Waals surface area contributed by atoms with Crippen LogP contribution in [0.3, 0.4) is 0 Å². The molecule has 2 saturated carbocycles. The SMILES string of the molecule is NC1CC[C@@H]2CN(C(=O)NC3CCC3)C[C@@H]2C1. The molecule has 1 aliphatic heterocycles. The number of nitrogens with zero attached hydrogens (tertiary/aromatic N) is 1. The standard InChI is InChI=1S/C13H23N3O/c14-11-5-4-9-7-16(8-10(9)6-11)13(17)15-12-2-1-3-12/h9-12H,1-8,14H2,(H,15,17)/t9-,10+,11?/m1/s1. The Morgan fingerprint density at radius 3 is 2.59 bits per heavy atom. The fourth-order valence-corrected chi connectivity index (χ4v) is 3.45. The Morgan fingerprint density at radius 1 is 1.12 bits per heavy atom. The molecular weight excluding hydrogens is 214 g/mol. The average molecular weight is 237 g/mol. The fourth-order valence-electron chi connectivity index (χ4n) is 3.45. The van der Waals surface area contributed by atoms with E-state index < -0.39 is 0 Å². The van der Waals surface area contributed by atoms with Crippen LogP contribution in [0.4, 0.5) is 4.79 Å². The van der Waals surface area contributed by atoms with Crippen molar-refractivity contribution >= 4 is 6.03 Å². The molecule has 0 spiro atoms. The molecule has 0 aromatic heterocycles. The van der Waals surface area contributed by atoms with Crippen LogP contribution in [0.15, 0.2) is 0 Å². The van der Waals surface area contributed by atoms with Gasteiger partial charge in [-0.15, -0.1) is 0 Å². The predicted molar refractivity (Wildman–Crippen MR) is 66.6 cm³/mol. The maximum atomic E-state index is 12.1. The third-order valence-corrected chi connectivity index (χ3v) is 4.81. The van der Waals surface area contributed by atoms with Crippen LogP contribution in [0.1, 0.15) is 38.5 Å². The van der Waals surface area contributed by atoms with Gasteiger partial charge in [0.15, 0.2) is 0 Å². The largest absolute Gasteiger partial charge is 0.335 e. The molecule has 17 heavy (non-hydrogen) atoms. The summed E-state index contributed by atoms with van der Waals surface area (Å²) >= 11 is 0. The zero-order valence-corrected chi connectivity index (χ0v) is 10.4. The molecule has 4 nitrogen and oxygen atoms in total. The molecule has 0 aromatic carbocycles. The van der Waals surface area contributed by atoms with Gasteiger partial charge in [0, 0.05) is 25.2 Å². The molecule has 3 aliphatic rings. The van der Waals surface area contributed by atoms with Crippen molar-refractivity contribution in [1.29, 1.82) is 0 Å². The molecule has 3 fully saturated rings. The number of nitrogens with one attached hydrogen (secondary N) is 1. The van der Waals surface area contributed by atoms with E-state index in [0.717, 1.165) is 38.8 Å². The molecule has 2 amide bonds. The molecule has 0 bridgehead atoms. The van der Waals surface area contributed by atoms with Gasteiger partial charge in [0.1, 0.15) is 0 Å². The number of hydrogen-bond acceptors (Lipinski definition) is 2. The number of rotatable bonds is 1. The number of fused-ring (bicyclic) bond motifs is 1. The zero-order valence-electron chi connectivity index (χ0n) is 10.4. The number of likely N-dealkylation sites (tertiary alicyclic amines) is 1. The first-order chi connectivity index (χ1) is 8.22. The highest BCUT2D eigenvalue weighted by atomic mass is 16.2. The first-order valence-corrected chi connectivity index (χ1v) is 7.03. The monoisotopic (exact) mass is 237 g/mol. The average Bonchev–Trinajstić information content (AvgIpc) is 2.65. The van der Waals surface area contributed by atoms with E-state index in [0.29, 0.717) is 23.9 Å². The molecule has 3 atom stereocenters. The lowest BCUT2D eigenvalue weighted by Crippen LogP contribution is -2.46. The second-order valence-electron chi connectivity index (χ2n) is 6.08. The van der Waals surface area contributed by atoms with Crippen LogP contribution in [-0.2, 0) is 0 Å². The highest BCUT2D eigenvalue weighted by Gasteiger charge is 2.39. The Labute approximate surface area is 103 Å². The molecule has 4 heteroatoms. The quantitative estimate of drug-likeness (QED) is 0.722. The second kappa shape index (κ2) is 4.48. The van der Waals surface area contributed by atoms with Crippen LogP contribution >= 0.6 is 0 Å². The van der Waals surface area contributed by atoms with Gasteiger partial charge in [0.05, 0.1) is 0 Å². The minimum absolute atomic E-state index is 0.165. The van der Waals surface area contributed by atoms with E-state index in [2.05, 4.69) is 5.32 Å². The fraction of sp³-hybridized carbons (Fsp3) is 0.923. The van der Waals surface area contributed by atoms with Crippen molar-refractivity contribution in [2.45, 2.75) is 50.6 Å². The molecular formula is C13H23N3O. The molecule has 3 N–H and O–H groups in total. The molecule has 0 radical (unpaired) electrons. The zero-order chi connectivity index (χ0) is 11.8. The topological polar surface area (TPSA) is 58.4 Å². The summed E-state index contributed by atoms with van der Waals surface area (Å²) in [6, 6.07) is 0.982. The Kier molecular flexibility index (Phi) is 2.99. The summed E-state index contributed by atoms with van der Waals surface area (Å²) in [6.07, 6.45) is 7.05. The number of carbonyl (C=O) groups excluding carboxylic acids is 1. The van der Waals surface area contributed by atoms with Crippen LogP contribution in [0, 0.1) is 11.8 Å². The van der Waals surface area contributed by atoms with Crippen molar-refractivity contribution in [2.75, 3.05) is 13.1 Å². The molecule has 1 heterocycles. The Bertz CT molecular complexity index is 303. The lowest BCUT2D eigenvalue weighted by atomic mass is 9.79. The van der Waals surface area contributed by atoms with Gasteiger partial charge in [-0.05, 0) is 50.4 Å². The number of amides is 2. The van der Waals surface area contributed by atoms with Crippen molar-refractivity contribution in [1.82, 2.24) is 10.2 Å². The minimum atomic E-state index is 0.165. The third kappa shape index (κ3) is 2.28. The summed E-state index contributed by atoms with van der Waals surface area (Å²) in [4.78, 5) is 14.1. The lowest BCUT2D eigenvalue weighted by molar-refractivity contribution is 0.194. The molecule has 1 saturated heterocycles. The maximum Gasteiger partial charge on any atom is 0.317 e. The Hall–Kier alpha value is -0.770. The summed E-state index contributed by atoms with van der Waals surface area (Å²) < 4.78 is 0. The molecule has 2 aliphatic carbocycles. The van der Waals surface area contributed by atoms with Gasteiger partial charge in [-0.1, -0.05) is 0 Å². The van der Waals surface area contributed by atoms with Gasteiger partial charge >= 0.3 is 6.03 Å². The summed E-state index contributed by atoms with van der Waals surface area (Å²) in [5.41, 5.74) is 6.00. The van der Waals surface area contributed by atoms with Gasteiger partial charge in [0.2, 0.25) is 0 Å². The molecule has 96 valence electrons. The van der Waals surface area contributed by atoms with Crippen molar-refractivity contribution in [3.63, 3.8) is 0 Å². The van der Waals surface area contributed by atoms with E-state index in [1.807, 2.05) is 4.90 Å². The van der Waals surface area contributed by atoms with Gasteiger partial charge in [-0.2, -0.15) is 0 Å². The van der Waals surface area contributed by atoms with Crippen LogP contribution in [0.5, 0.6) is 0 Å². The highest BCUT2D eigenvalue weighted by Crippen LogP contribution is 2.35. The van der Waals surface area contributed by atoms with E-state index in [-0.39, 0.29) is 6.03 Å². The number of hydrogen-bond donors (Lipinski definition) is 2. The van der Waals surface area contributed by atoms with Crippen molar-refractivity contribution in [2.24, 2.45) is 17.6 Å². The number of urea groups is 1. The smallest absolute Gasteiger partial charge is 0.317 e. The lowest BCUT2D eigenvalue weighted by Gasteiger charge is -2.29.